The maximum Gasteiger partial charge on any atom is 0.272 e. The molecule has 1 amide bonds. The Kier molecular flexibility index (Phi) is 4.55. The predicted octanol–water partition coefficient (Wildman–Crippen LogP) is 1.69. The van der Waals surface area contributed by atoms with E-state index in [1.165, 1.54) is 4.90 Å². The molecule has 8 heteroatoms. The first kappa shape index (κ1) is 17.5. The molecule has 0 N–H and O–H groups in total. The van der Waals surface area contributed by atoms with E-state index in [1.54, 1.807) is 27.1 Å². The Bertz CT molecular complexity index is 787. The Morgan fingerprint density at radius 1 is 1.32 bits per heavy atom. The van der Waals surface area contributed by atoms with Crippen molar-refractivity contribution in [1.29, 1.82) is 0 Å². The predicted molar refractivity (Wildman–Crippen MR) is 90.8 cm³/mol. The summed E-state index contributed by atoms with van der Waals surface area (Å²) in [6, 6.07) is 1.73. The molecule has 0 radical (unpaired) electrons. The Labute approximate surface area is 147 Å². The van der Waals surface area contributed by atoms with Crippen molar-refractivity contribution in [3.63, 3.8) is 0 Å². The van der Waals surface area contributed by atoms with Gasteiger partial charge in [-0.25, -0.2) is 9.97 Å². The highest BCUT2D eigenvalue weighted by Crippen LogP contribution is 2.37. The van der Waals surface area contributed by atoms with Crippen molar-refractivity contribution >= 4 is 5.91 Å². The number of nitrogens with zero attached hydrogens (tertiary/aromatic N) is 6. The SMILES string of the molecule is Cc1cc(C(=O)N(C)C)nc(C2(C)CCCN2Cc2noc(C)n2)n1. The minimum atomic E-state index is -0.359. The molecule has 3 heterocycles. The molecule has 1 atom stereocenters. The van der Waals surface area contributed by atoms with Crippen LogP contribution in [0.3, 0.4) is 0 Å². The summed E-state index contributed by atoms with van der Waals surface area (Å²) in [7, 11) is 3.45. The molecule has 1 aliphatic heterocycles. The molecule has 1 aliphatic rings. The van der Waals surface area contributed by atoms with Crippen LogP contribution >= 0.6 is 0 Å². The van der Waals surface area contributed by atoms with Crippen LogP contribution < -0.4 is 0 Å². The smallest absolute Gasteiger partial charge is 0.272 e. The van der Waals surface area contributed by atoms with Gasteiger partial charge < -0.3 is 9.42 Å². The van der Waals surface area contributed by atoms with Crippen molar-refractivity contribution in [1.82, 2.24) is 29.9 Å². The summed E-state index contributed by atoms with van der Waals surface area (Å²) in [6.07, 6.45) is 1.95. The summed E-state index contributed by atoms with van der Waals surface area (Å²) in [6.45, 7) is 7.26. The van der Waals surface area contributed by atoms with Gasteiger partial charge in [-0.05, 0) is 39.3 Å². The largest absolute Gasteiger partial charge is 0.343 e. The van der Waals surface area contributed by atoms with Gasteiger partial charge in [0.05, 0.1) is 12.1 Å². The number of likely N-dealkylation sites (tertiary alicyclic amines) is 1. The quantitative estimate of drug-likeness (QED) is 0.834. The van der Waals surface area contributed by atoms with Gasteiger partial charge in [-0.2, -0.15) is 4.98 Å². The lowest BCUT2D eigenvalue weighted by atomic mass is 9.97. The molecule has 134 valence electrons. The highest BCUT2D eigenvalue weighted by molar-refractivity contribution is 5.92. The van der Waals surface area contributed by atoms with E-state index >= 15 is 0 Å². The van der Waals surface area contributed by atoms with Crippen molar-refractivity contribution in [2.75, 3.05) is 20.6 Å². The van der Waals surface area contributed by atoms with E-state index in [4.69, 9.17) is 4.52 Å². The van der Waals surface area contributed by atoms with E-state index in [0.29, 0.717) is 29.8 Å². The molecule has 0 spiro atoms. The van der Waals surface area contributed by atoms with Crippen molar-refractivity contribution < 1.29 is 9.32 Å². The van der Waals surface area contributed by atoms with Crippen LogP contribution in [0.4, 0.5) is 0 Å². The topological polar surface area (TPSA) is 88.3 Å². The normalized spacial score (nSPS) is 20.8. The van der Waals surface area contributed by atoms with Crippen molar-refractivity contribution in [3.05, 3.63) is 35.0 Å². The van der Waals surface area contributed by atoms with E-state index in [2.05, 4.69) is 31.9 Å². The minimum absolute atomic E-state index is 0.117. The first-order valence-corrected chi connectivity index (χ1v) is 8.41. The zero-order chi connectivity index (χ0) is 18.2. The minimum Gasteiger partial charge on any atom is -0.343 e. The van der Waals surface area contributed by atoms with E-state index in [9.17, 15) is 4.79 Å². The lowest BCUT2D eigenvalue weighted by Crippen LogP contribution is -2.40. The van der Waals surface area contributed by atoms with Gasteiger partial charge in [-0.1, -0.05) is 5.16 Å². The van der Waals surface area contributed by atoms with Crippen LogP contribution in [0.25, 0.3) is 0 Å². The van der Waals surface area contributed by atoms with Gasteiger partial charge in [0.2, 0.25) is 5.89 Å². The standard InChI is InChI=1S/C17H24N6O2/c1-11-9-13(15(24)22(4)5)20-16(18-11)17(3)7-6-8-23(17)10-14-19-12(2)25-21-14/h9H,6-8,10H2,1-5H3. The van der Waals surface area contributed by atoms with Gasteiger partial charge in [0.1, 0.15) is 11.5 Å². The molecular formula is C17H24N6O2. The first-order chi connectivity index (χ1) is 11.8. The van der Waals surface area contributed by atoms with Gasteiger partial charge in [-0.15, -0.1) is 0 Å². The fourth-order valence-corrected chi connectivity index (χ4v) is 3.25. The summed E-state index contributed by atoms with van der Waals surface area (Å²) in [5.41, 5.74) is 0.858. The molecule has 0 aliphatic carbocycles. The Morgan fingerprint density at radius 2 is 2.08 bits per heavy atom. The number of carbonyl (C=O) groups is 1. The van der Waals surface area contributed by atoms with Crippen LogP contribution in [0.1, 0.15) is 53.5 Å². The summed E-state index contributed by atoms with van der Waals surface area (Å²) in [5, 5.41) is 4.00. The third-order valence-electron chi connectivity index (χ3n) is 4.65. The second-order valence-corrected chi connectivity index (χ2v) is 6.95. The van der Waals surface area contributed by atoms with Crippen molar-refractivity contribution in [2.45, 2.75) is 45.7 Å². The number of carbonyl (C=O) groups excluding carboxylic acids is 1. The van der Waals surface area contributed by atoms with Crippen LogP contribution in [-0.2, 0) is 12.1 Å². The lowest BCUT2D eigenvalue weighted by Gasteiger charge is -2.33. The molecule has 0 bridgehead atoms. The van der Waals surface area contributed by atoms with Crippen LogP contribution in [0, 0.1) is 13.8 Å². The lowest BCUT2D eigenvalue weighted by molar-refractivity contribution is 0.0818. The average molecular weight is 344 g/mol. The van der Waals surface area contributed by atoms with Crippen molar-refractivity contribution in [2.24, 2.45) is 0 Å². The summed E-state index contributed by atoms with van der Waals surface area (Å²) in [5.74, 6) is 1.77. The Hall–Kier alpha value is -2.35. The highest BCUT2D eigenvalue weighted by atomic mass is 16.5. The molecule has 8 nitrogen and oxygen atoms in total. The maximum atomic E-state index is 12.3. The van der Waals surface area contributed by atoms with Crippen LogP contribution in [0.2, 0.25) is 0 Å². The molecule has 2 aromatic rings. The molecule has 1 unspecified atom stereocenters. The Morgan fingerprint density at radius 3 is 2.72 bits per heavy atom. The highest BCUT2D eigenvalue weighted by Gasteiger charge is 2.41. The van der Waals surface area contributed by atoms with Gasteiger partial charge in [-0.3, -0.25) is 9.69 Å². The summed E-state index contributed by atoms with van der Waals surface area (Å²) in [4.78, 5) is 29.7. The molecule has 0 aromatic carbocycles. The molecule has 25 heavy (non-hydrogen) atoms. The summed E-state index contributed by atoms with van der Waals surface area (Å²) >= 11 is 0. The summed E-state index contributed by atoms with van der Waals surface area (Å²) < 4.78 is 5.08. The number of amides is 1. The fourth-order valence-electron chi connectivity index (χ4n) is 3.25. The number of rotatable bonds is 4. The third-order valence-corrected chi connectivity index (χ3v) is 4.65. The van der Waals surface area contributed by atoms with Crippen molar-refractivity contribution in [3.8, 4) is 0 Å². The number of hydrogen-bond acceptors (Lipinski definition) is 7. The van der Waals surface area contributed by atoms with E-state index in [-0.39, 0.29) is 11.4 Å². The van der Waals surface area contributed by atoms with E-state index in [1.807, 2.05) is 6.92 Å². The monoisotopic (exact) mass is 344 g/mol. The second-order valence-electron chi connectivity index (χ2n) is 6.95. The molecule has 3 rings (SSSR count). The van der Waals surface area contributed by atoms with Crippen LogP contribution in [0.15, 0.2) is 10.6 Å². The zero-order valence-electron chi connectivity index (χ0n) is 15.4. The van der Waals surface area contributed by atoms with Crippen LogP contribution in [-0.4, -0.2) is 56.5 Å². The number of aryl methyl sites for hydroxylation is 2. The molecule has 1 saturated heterocycles. The van der Waals surface area contributed by atoms with E-state index in [0.717, 1.165) is 25.1 Å². The molecular weight excluding hydrogens is 320 g/mol. The molecule has 1 fully saturated rings. The van der Waals surface area contributed by atoms with Gasteiger partial charge in [0, 0.05) is 26.7 Å². The maximum absolute atomic E-state index is 12.3. The number of hydrogen-bond donors (Lipinski definition) is 0. The second kappa shape index (κ2) is 6.51. The van der Waals surface area contributed by atoms with Gasteiger partial charge in [0.15, 0.2) is 5.82 Å². The number of aromatic nitrogens is 4. The fraction of sp³-hybridized carbons (Fsp3) is 0.588. The zero-order valence-corrected chi connectivity index (χ0v) is 15.4. The van der Waals surface area contributed by atoms with Crippen LogP contribution in [0.5, 0.6) is 0 Å². The average Bonchev–Trinajstić information content (AvgIpc) is 3.13. The molecule has 0 saturated carbocycles. The van der Waals surface area contributed by atoms with Gasteiger partial charge >= 0.3 is 0 Å². The van der Waals surface area contributed by atoms with E-state index < -0.39 is 0 Å². The first-order valence-electron chi connectivity index (χ1n) is 8.41. The van der Waals surface area contributed by atoms with Gasteiger partial charge in [0.25, 0.3) is 5.91 Å². The third kappa shape index (κ3) is 3.39. The molecule has 2 aromatic heterocycles. The Balaban J connectivity index is 1.94.